The second-order valence-corrected chi connectivity index (χ2v) is 7.88. The number of amides is 1. The van der Waals surface area contributed by atoms with Gasteiger partial charge >= 0.3 is 0 Å². The van der Waals surface area contributed by atoms with Crippen LogP contribution in [0.5, 0.6) is 0 Å². The Hall–Kier alpha value is -2.63. The number of thiazole rings is 1. The highest BCUT2D eigenvalue weighted by Crippen LogP contribution is 2.20. The predicted octanol–water partition coefficient (Wildman–Crippen LogP) is 0.715. The maximum absolute atomic E-state index is 12.2. The zero-order valence-corrected chi connectivity index (χ0v) is 16.3. The Bertz CT molecular complexity index is 1000. The van der Waals surface area contributed by atoms with Gasteiger partial charge in [-0.3, -0.25) is 9.78 Å². The Labute approximate surface area is 161 Å². The maximum Gasteiger partial charge on any atom is 0.270 e. The molecule has 27 heavy (non-hydrogen) atoms. The fourth-order valence-electron chi connectivity index (χ4n) is 2.45. The van der Waals surface area contributed by atoms with Crippen molar-refractivity contribution in [2.24, 2.45) is 7.05 Å². The number of carbonyl (C=O) groups excluding carboxylic acids is 1. The lowest BCUT2D eigenvalue weighted by molar-refractivity contribution is 0.0946. The van der Waals surface area contributed by atoms with Gasteiger partial charge in [-0.1, -0.05) is 6.07 Å². The predicted molar refractivity (Wildman–Crippen MR) is 101 cm³/mol. The highest BCUT2D eigenvalue weighted by molar-refractivity contribution is 7.70. The Morgan fingerprint density at radius 2 is 2.07 bits per heavy atom. The minimum atomic E-state index is -2.84. The quantitative estimate of drug-likeness (QED) is 0.498. The third-order valence-electron chi connectivity index (χ3n) is 3.70. The number of hydrogen-bond donors (Lipinski definition) is 3. The number of nitrogens with one attached hydrogen (secondary N) is 2. The van der Waals surface area contributed by atoms with E-state index in [2.05, 4.69) is 25.0 Å². The van der Waals surface area contributed by atoms with E-state index < -0.39 is 16.9 Å². The molecule has 1 atom stereocenters. The van der Waals surface area contributed by atoms with E-state index in [0.29, 0.717) is 17.8 Å². The molecule has 0 fully saturated rings. The van der Waals surface area contributed by atoms with Crippen molar-refractivity contribution in [3.63, 3.8) is 0 Å². The van der Waals surface area contributed by atoms with Crippen molar-refractivity contribution >= 4 is 28.1 Å². The van der Waals surface area contributed by atoms with Crippen molar-refractivity contribution in [1.82, 2.24) is 29.6 Å². The number of pyridine rings is 1. The topological polar surface area (TPSA) is 119 Å². The van der Waals surface area contributed by atoms with Gasteiger partial charge in [0.1, 0.15) is 5.69 Å². The van der Waals surface area contributed by atoms with E-state index >= 15 is 0 Å². The number of aryl methyl sites for hydroxylation is 2. The first-order chi connectivity index (χ1) is 12.9. The van der Waals surface area contributed by atoms with Crippen LogP contribution in [0.1, 0.15) is 37.7 Å². The third-order valence-corrected chi connectivity index (χ3v) is 5.08. The van der Waals surface area contributed by atoms with Gasteiger partial charge in [0.25, 0.3) is 5.91 Å². The van der Waals surface area contributed by atoms with E-state index in [1.807, 2.05) is 6.92 Å². The summed E-state index contributed by atoms with van der Waals surface area (Å²) < 4.78 is 26.5. The lowest BCUT2D eigenvalue weighted by Crippen LogP contribution is -2.24. The van der Waals surface area contributed by atoms with Gasteiger partial charge in [0.05, 0.1) is 29.6 Å². The molecule has 0 aliphatic carbocycles. The van der Waals surface area contributed by atoms with Gasteiger partial charge in [0.2, 0.25) is 10.9 Å². The largest absolute Gasteiger partial charge is 0.346 e. The van der Waals surface area contributed by atoms with E-state index in [1.54, 1.807) is 42.5 Å². The Balaban J connectivity index is 1.73. The molecule has 0 bridgehead atoms. The van der Waals surface area contributed by atoms with Crippen LogP contribution in [0.25, 0.3) is 0 Å². The third kappa shape index (κ3) is 4.96. The number of carbonyl (C=O) groups is 1. The van der Waals surface area contributed by atoms with E-state index in [4.69, 9.17) is 0 Å². The molecule has 0 saturated carbocycles. The molecule has 0 aromatic carbocycles. The van der Waals surface area contributed by atoms with Crippen molar-refractivity contribution in [2.75, 3.05) is 0 Å². The second-order valence-electron chi connectivity index (χ2n) is 5.79. The van der Waals surface area contributed by atoms with Crippen molar-refractivity contribution in [3.8, 4) is 0 Å². The van der Waals surface area contributed by atoms with Crippen LogP contribution in [0, 0.1) is 6.92 Å². The van der Waals surface area contributed by atoms with Gasteiger partial charge in [0, 0.05) is 30.5 Å². The van der Waals surface area contributed by atoms with Crippen LogP contribution in [0.4, 0.5) is 0 Å². The average molecular weight is 406 g/mol. The van der Waals surface area contributed by atoms with Crippen LogP contribution >= 0.6 is 11.3 Å². The summed E-state index contributed by atoms with van der Waals surface area (Å²) in [4.78, 5) is 25.7. The molecule has 1 amide bonds. The number of rotatable bonds is 7. The SMILES string of the molecule is Cc1ncc(CNC(=O)c2ccc(C(N[SH](=O)=O)c3cn(C)cn3)cn2)s1. The molecule has 3 rings (SSSR count). The Morgan fingerprint density at radius 3 is 2.63 bits per heavy atom. The minimum Gasteiger partial charge on any atom is -0.346 e. The van der Waals surface area contributed by atoms with Crippen LogP contribution in [0.2, 0.25) is 0 Å². The molecule has 1 unspecified atom stereocenters. The van der Waals surface area contributed by atoms with Crippen molar-refractivity contribution in [1.29, 1.82) is 0 Å². The molecule has 3 aromatic rings. The highest BCUT2D eigenvalue weighted by atomic mass is 32.2. The molecule has 0 aliphatic rings. The van der Waals surface area contributed by atoms with Gasteiger partial charge in [-0.15, -0.1) is 11.3 Å². The number of aromatic nitrogens is 4. The monoisotopic (exact) mass is 406 g/mol. The summed E-state index contributed by atoms with van der Waals surface area (Å²) in [5.74, 6) is -0.315. The summed E-state index contributed by atoms with van der Waals surface area (Å²) in [5.41, 5.74) is 1.37. The van der Waals surface area contributed by atoms with Crippen molar-refractivity contribution < 1.29 is 13.2 Å². The maximum atomic E-state index is 12.2. The molecule has 11 heteroatoms. The number of imidazole rings is 1. The fourth-order valence-corrected chi connectivity index (χ4v) is 3.68. The molecule has 9 nitrogen and oxygen atoms in total. The van der Waals surface area contributed by atoms with E-state index in [1.165, 1.54) is 17.5 Å². The lowest BCUT2D eigenvalue weighted by atomic mass is 10.1. The number of thiol groups is 1. The van der Waals surface area contributed by atoms with Crippen LogP contribution in [0.3, 0.4) is 0 Å². The zero-order valence-electron chi connectivity index (χ0n) is 14.6. The normalized spacial score (nSPS) is 12.3. The first kappa shape index (κ1) is 19.1. The van der Waals surface area contributed by atoms with Crippen LogP contribution in [-0.2, 0) is 24.5 Å². The summed E-state index contributed by atoms with van der Waals surface area (Å²) in [6, 6.07) is 2.54. The van der Waals surface area contributed by atoms with Gasteiger partial charge in [-0.2, -0.15) is 0 Å². The number of nitrogens with zero attached hydrogens (tertiary/aromatic N) is 4. The van der Waals surface area contributed by atoms with E-state index in [0.717, 1.165) is 9.88 Å². The van der Waals surface area contributed by atoms with E-state index in [9.17, 15) is 13.2 Å². The summed E-state index contributed by atoms with van der Waals surface area (Å²) >= 11 is 1.52. The summed E-state index contributed by atoms with van der Waals surface area (Å²) in [6.45, 7) is 2.28. The molecular weight excluding hydrogens is 388 g/mol. The number of hydrogen-bond acceptors (Lipinski definition) is 7. The van der Waals surface area contributed by atoms with E-state index in [-0.39, 0.29) is 11.6 Å². The van der Waals surface area contributed by atoms with Crippen LogP contribution in [-0.4, -0.2) is 33.8 Å². The average Bonchev–Trinajstić information content (AvgIpc) is 3.26. The Morgan fingerprint density at radius 1 is 1.26 bits per heavy atom. The lowest BCUT2D eigenvalue weighted by Gasteiger charge is -2.13. The van der Waals surface area contributed by atoms with Gasteiger partial charge in [-0.25, -0.2) is 23.1 Å². The standard InChI is InChI=1S/C16H18N6O3S2/c1-10-17-6-12(26-10)7-19-16(23)13-4-3-11(5-18-13)15(21-27(24)25)14-8-22(2)9-20-14/h3-6,8-9,15,27H,7H2,1-2H3,(H,19,23)(H,21,24,25). The van der Waals surface area contributed by atoms with Gasteiger partial charge < -0.3 is 9.88 Å². The minimum absolute atomic E-state index is 0.242. The summed E-state index contributed by atoms with van der Waals surface area (Å²) in [7, 11) is -1.05. The first-order valence-corrected chi connectivity index (χ1v) is 9.95. The first-order valence-electron chi connectivity index (χ1n) is 7.96. The molecule has 0 radical (unpaired) electrons. The molecule has 2 N–H and O–H groups in total. The molecule has 0 spiro atoms. The van der Waals surface area contributed by atoms with Crippen LogP contribution < -0.4 is 10.0 Å². The molecule has 0 saturated heterocycles. The van der Waals surface area contributed by atoms with Gasteiger partial charge in [-0.05, 0) is 18.6 Å². The summed E-state index contributed by atoms with van der Waals surface area (Å²) in [5, 5.41) is 3.72. The highest BCUT2D eigenvalue weighted by Gasteiger charge is 2.18. The van der Waals surface area contributed by atoms with Crippen molar-refractivity contribution in [2.45, 2.75) is 19.5 Å². The molecule has 142 valence electrons. The summed E-state index contributed by atoms with van der Waals surface area (Å²) in [6.07, 6.45) is 6.49. The van der Waals surface area contributed by atoms with Crippen LogP contribution in [0.15, 0.2) is 37.1 Å². The smallest absolute Gasteiger partial charge is 0.270 e. The van der Waals surface area contributed by atoms with Gasteiger partial charge in [0.15, 0.2) is 0 Å². The second kappa shape index (κ2) is 8.37. The molecule has 3 heterocycles. The zero-order chi connectivity index (χ0) is 19.4. The molecule has 0 aliphatic heterocycles. The molecular formula is C16H18N6O3S2. The fraction of sp³-hybridized carbons (Fsp3) is 0.250. The Kier molecular flexibility index (Phi) is 5.94. The van der Waals surface area contributed by atoms with Crippen molar-refractivity contribution in [3.05, 3.63) is 63.9 Å². The molecule has 3 aromatic heterocycles.